The number of nitrogens with two attached hydrogens (primary N) is 1. The van der Waals surface area contributed by atoms with E-state index in [9.17, 15) is 18.0 Å². The molecule has 0 saturated heterocycles. The number of rotatable bonds is 4. The molecule has 1 amide bonds. The van der Waals surface area contributed by atoms with Crippen molar-refractivity contribution < 1.29 is 22.7 Å². The number of halogens is 3. The number of carbonyl (C=O) groups is 1. The first-order valence-electron chi connectivity index (χ1n) is 6.72. The Morgan fingerprint density at radius 1 is 1.41 bits per heavy atom. The first-order chi connectivity index (χ1) is 9.99. The molecule has 1 atom stereocenters. The van der Waals surface area contributed by atoms with E-state index in [0.29, 0.717) is 0 Å². The second kappa shape index (κ2) is 6.95. The van der Waals surface area contributed by atoms with Gasteiger partial charge in [-0.3, -0.25) is 4.98 Å². The SMILES string of the molecule is CC(C)(C)OC(=O)NCC(N)Cc1ncccc1C(F)(F)F. The fourth-order valence-corrected chi connectivity index (χ4v) is 1.71. The van der Waals surface area contributed by atoms with Crippen LogP contribution in [0.2, 0.25) is 0 Å². The molecule has 0 spiro atoms. The van der Waals surface area contributed by atoms with Crippen molar-refractivity contribution in [1.29, 1.82) is 0 Å². The summed E-state index contributed by atoms with van der Waals surface area (Å²) in [7, 11) is 0. The molecule has 0 saturated carbocycles. The van der Waals surface area contributed by atoms with E-state index in [2.05, 4.69) is 10.3 Å². The van der Waals surface area contributed by atoms with Gasteiger partial charge in [0.2, 0.25) is 0 Å². The van der Waals surface area contributed by atoms with Gasteiger partial charge in [-0.05, 0) is 32.9 Å². The molecule has 0 aliphatic heterocycles. The highest BCUT2D eigenvalue weighted by atomic mass is 19.4. The zero-order chi connectivity index (χ0) is 17.0. The molecular weight excluding hydrogens is 299 g/mol. The Morgan fingerprint density at radius 2 is 2.05 bits per heavy atom. The van der Waals surface area contributed by atoms with Crippen LogP contribution < -0.4 is 11.1 Å². The highest BCUT2D eigenvalue weighted by Gasteiger charge is 2.34. The maximum atomic E-state index is 12.8. The van der Waals surface area contributed by atoms with E-state index < -0.39 is 29.5 Å². The normalized spacial score (nSPS) is 13.6. The average Bonchev–Trinajstić information content (AvgIpc) is 2.34. The van der Waals surface area contributed by atoms with Gasteiger partial charge in [-0.2, -0.15) is 13.2 Å². The standard InChI is InChI=1S/C14H20F3N3O2/c1-13(2,3)22-12(21)20-8-9(18)7-11-10(14(15,16)17)5-4-6-19-11/h4-6,9H,7-8,18H2,1-3H3,(H,20,21). The van der Waals surface area contributed by atoms with Crippen molar-refractivity contribution in [2.45, 2.75) is 45.0 Å². The number of alkyl carbamates (subject to hydrolysis) is 1. The Bertz CT molecular complexity index is 513. The molecule has 124 valence electrons. The predicted molar refractivity (Wildman–Crippen MR) is 75.2 cm³/mol. The van der Waals surface area contributed by atoms with Crippen molar-refractivity contribution in [3.63, 3.8) is 0 Å². The maximum absolute atomic E-state index is 12.8. The summed E-state index contributed by atoms with van der Waals surface area (Å²) in [5.41, 5.74) is 4.14. The zero-order valence-corrected chi connectivity index (χ0v) is 12.7. The van der Waals surface area contributed by atoms with Crippen LogP contribution in [-0.4, -0.2) is 29.3 Å². The van der Waals surface area contributed by atoms with Crippen molar-refractivity contribution in [2.75, 3.05) is 6.54 Å². The number of nitrogens with zero attached hydrogens (tertiary/aromatic N) is 1. The van der Waals surface area contributed by atoms with E-state index in [1.54, 1.807) is 20.8 Å². The fourth-order valence-electron chi connectivity index (χ4n) is 1.71. The van der Waals surface area contributed by atoms with E-state index in [-0.39, 0.29) is 18.7 Å². The fraction of sp³-hybridized carbons (Fsp3) is 0.571. The van der Waals surface area contributed by atoms with Crippen LogP contribution in [0.15, 0.2) is 18.3 Å². The van der Waals surface area contributed by atoms with Gasteiger partial charge in [0.1, 0.15) is 5.60 Å². The monoisotopic (exact) mass is 319 g/mol. The molecule has 0 fully saturated rings. The summed E-state index contributed by atoms with van der Waals surface area (Å²) in [5, 5.41) is 2.42. The molecule has 0 radical (unpaired) electrons. The van der Waals surface area contributed by atoms with Crippen molar-refractivity contribution >= 4 is 6.09 Å². The number of alkyl halides is 3. The van der Waals surface area contributed by atoms with Crippen LogP contribution in [0.5, 0.6) is 0 Å². The third-order valence-electron chi connectivity index (χ3n) is 2.56. The Morgan fingerprint density at radius 3 is 2.59 bits per heavy atom. The average molecular weight is 319 g/mol. The number of amides is 1. The van der Waals surface area contributed by atoms with Gasteiger partial charge < -0.3 is 15.8 Å². The molecule has 22 heavy (non-hydrogen) atoms. The molecule has 0 bridgehead atoms. The summed E-state index contributed by atoms with van der Waals surface area (Å²) in [6.45, 7) is 5.10. The van der Waals surface area contributed by atoms with Crippen molar-refractivity contribution in [3.8, 4) is 0 Å². The van der Waals surface area contributed by atoms with E-state index >= 15 is 0 Å². The van der Waals surface area contributed by atoms with Crippen LogP contribution in [0.3, 0.4) is 0 Å². The lowest BCUT2D eigenvalue weighted by molar-refractivity contribution is -0.138. The topological polar surface area (TPSA) is 77.2 Å². The van der Waals surface area contributed by atoms with Crippen molar-refractivity contribution in [1.82, 2.24) is 10.3 Å². The highest BCUT2D eigenvalue weighted by Crippen LogP contribution is 2.31. The predicted octanol–water partition coefficient (Wildman–Crippen LogP) is 2.49. The highest BCUT2D eigenvalue weighted by molar-refractivity contribution is 5.67. The number of nitrogens with one attached hydrogen (secondary N) is 1. The van der Waals surface area contributed by atoms with Crippen LogP contribution in [0.4, 0.5) is 18.0 Å². The van der Waals surface area contributed by atoms with Gasteiger partial charge in [0.15, 0.2) is 0 Å². The molecule has 0 aliphatic carbocycles. The number of aromatic nitrogens is 1. The molecule has 5 nitrogen and oxygen atoms in total. The largest absolute Gasteiger partial charge is 0.444 e. The van der Waals surface area contributed by atoms with Gasteiger partial charge in [0.05, 0.1) is 11.3 Å². The summed E-state index contributed by atoms with van der Waals surface area (Å²) in [5.74, 6) is 0. The third-order valence-corrected chi connectivity index (χ3v) is 2.56. The summed E-state index contributed by atoms with van der Waals surface area (Å²) < 4.78 is 43.5. The molecule has 3 N–H and O–H groups in total. The molecular formula is C14H20F3N3O2. The first-order valence-corrected chi connectivity index (χ1v) is 6.72. The summed E-state index contributed by atoms with van der Waals surface area (Å²) >= 11 is 0. The molecule has 1 unspecified atom stereocenters. The quantitative estimate of drug-likeness (QED) is 0.894. The van der Waals surface area contributed by atoms with Crippen LogP contribution in [0, 0.1) is 0 Å². The van der Waals surface area contributed by atoms with E-state index in [0.717, 1.165) is 6.07 Å². The lowest BCUT2D eigenvalue weighted by Gasteiger charge is -2.21. The van der Waals surface area contributed by atoms with Crippen LogP contribution >= 0.6 is 0 Å². The minimum Gasteiger partial charge on any atom is -0.444 e. The Hall–Kier alpha value is -1.83. The number of hydrogen-bond acceptors (Lipinski definition) is 4. The smallest absolute Gasteiger partial charge is 0.418 e. The number of ether oxygens (including phenoxy) is 1. The van der Waals surface area contributed by atoms with Gasteiger partial charge >= 0.3 is 12.3 Å². The Balaban J connectivity index is 2.60. The zero-order valence-electron chi connectivity index (χ0n) is 12.7. The Labute approximate surface area is 127 Å². The second-order valence-corrected chi connectivity index (χ2v) is 5.84. The van der Waals surface area contributed by atoms with Gasteiger partial charge in [0.25, 0.3) is 0 Å². The van der Waals surface area contributed by atoms with Gasteiger partial charge in [-0.15, -0.1) is 0 Å². The lowest BCUT2D eigenvalue weighted by Crippen LogP contribution is -2.41. The molecule has 1 aromatic heterocycles. The third kappa shape index (κ3) is 6.30. The first kappa shape index (κ1) is 18.2. The van der Waals surface area contributed by atoms with E-state index in [1.165, 1.54) is 12.3 Å². The maximum Gasteiger partial charge on any atom is 0.418 e. The molecule has 0 aromatic carbocycles. The summed E-state index contributed by atoms with van der Waals surface area (Å²) in [4.78, 5) is 15.2. The molecule has 1 rings (SSSR count). The molecule has 1 heterocycles. The second-order valence-electron chi connectivity index (χ2n) is 5.84. The van der Waals surface area contributed by atoms with Crippen molar-refractivity contribution in [2.24, 2.45) is 5.73 Å². The van der Waals surface area contributed by atoms with Gasteiger partial charge in [-0.25, -0.2) is 4.79 Å². The van der Waals surface area contributed by atoms with Crippen LogP contribution in [0.1, 0.15) is 32.0 Å². The minimum atomic E-state index is -4.48. The Kier molecular flexibility index (Phi) is 5.76. The molecule has 0 aliphatic rings. The van der Waals surface area contributed by atoms with Crippen molar-refractivity contribution in [3.05, 3.63) is 29.6 Å². The number of hydrogen-bond donors (Lipinski definition) is 2. The molecule has 1 aromatic rings. The van der Waals surface area contributed by atoms with E-state index in [1.807, 2.05) is 0 Å². The van der Waals surface area contributed by atoms with Crippen LogP contribution in [-0.2, 0) is 17.3 Å². The van der Waals surface area contributed by atoms with Gasteiger partial charge in [-0.1, -0.05) is 0 Å². The summed E-state index contributed by atoms with van der Waals surface area (Å²) in [6, 6.07) is 1.47. The number of carbonyl (C=O) groups excluding carboxylic acids is 1. The van der Waals surface area contributed by atoms with Gasteiger partial charge in [0, 0.05) is 25.2 Å². The van der Waals surface area contributed by atoms with Crippen LogP contribution in [0.25, 0.3) is 0 Å². The lowest BCUT2D eigenvalue weighted by atomic mass is 10.1. The number of pyridine rings is 1. The summed E-state index contributed by atoms with van der Waals surface area (Å²) in [6.07, 6.45) is -3.98. The molecule has 8 heteroatoms. The minimum absolute atomic E-state index is 0.0111. The van der Waals surface area contributed by atoms with E-state index in [4.69, 9.17) is 10.5 Å².